The highest BCUT2D eigenvalue weighted by molar-refractivity contribution is 6.31. The van der Waals surface area contributed by atoms with Gasteiger partial charge in [0.05, 0.1) is 0 Å². The van der Waals surface area contributed by atoms with Gasteiger partial charge in [-0.25, -0.2) is 0 Å². The van der Waals surface area contributed by atoms with E-state index in [-0.39, 0.29) is 0 Å². The molecule has 1 N–H and O–H groups in total. The Hall–Kier alpha value is -2.45. The minimum Gasteiger partial charge on any atom is -0.456 e. The zero-order chi connectivity index (χ0) is 14.2. The fourth-order valence-electron chi connectivity index (χ4n) is 2.50. The Morgan fingerprint density at radius 3 is 2.62 bits per heavy atom. The van der Waals surface area contributed by atoms with E-state index in [2.05, 4.69) is 23.2 Å². The molecule has 0 spiro atoms. The number of furan rings is 1. The van der Waals surface area contributed by atoms with Crippen LogP contribution in [-0.4, -0.2) is 4.98 Å². The van der Waals surface area contributed by atoms with Gasteiger partial charge < -0.3 is 9.40 Å². The zero-order valence-corrected chi connectivity index (χ0v) is 11.9. The molecule has 0 fully saturated rings. The molecule has 21 heavy (non-hydrogen) atoms. The summed E-state index contributed by atoms with van der Waals surface area (Å²) in [5.74, 6) is 0.848. The molecule has 0 bridgehead atoms. The Morgan fingerprint density at radius 2 is 1.76 bits per heavy atom. The second-order valence-electron chi connectivity index (χ2n) is 4.96. The van der Waals surface area contributed by atoms with Crippen LogP contribution in [0.4, 0.5) is 0 Å². The number of fused-ring (bicyclic) bond motifs is 1. The van der Waals surface area contributed by atoms with Gasteiger partial charge in [0.1, 0.15) is 11.3 Å². The van der Waals surface area contributed by atoms with Crippen molar-refractivity contribution < 1.29 is 4.42 Å². The van der Waals surface area contributed by atoms with Crippen LogP contribution in [-0.2, 0) is 0 Å². The summed E-state index contributed by atoms with van der Waals surface area (Å²) < 4.78 is 5.91. The van der Waals surface area contributed by atoms with Gasteiger partial charge in [-0.3, -0.25) is 0 Å². The molecule has 0 unspecified atom stereocenters. The van der Waals surface area contributed by atoms with Crippen molar-refractivity contribution in [2.45, 2.75) is 0 Å². The lowest BCUT2D eigenvalue weighted by Gasteiger charge is -2.01. The number of halogens is 1. The maximum Gasteiger partial charge on any atom is 0.136 e. The van der Waals surface area contributed by atoms with Gasteiger partial charge in [-0.1, -0.05) is 29.8 Å². The van der Waals surface area contributed by atoms with Crippen molar-refractivity contribution in [3.05, 3.63) is 71.9 Å². The molecule has 0 saturated carbocycles. The highest BCUT2D eigenvalue weighted by atomic mass is 35.5. The summed E-state index contributed by atoms with van der Waals surface area (Å²) in [5.41, 5.74) is 4.09. The lowest BCUT2D eigenvalue weighted by atomic mass is 10.1. The van der Waals surface area contributed by atoms with Crippen molar-refractivity contribution in [3.63, 3.8) is 0 Å². The number of nitrogens with one attached hydrogen (secondary N) is 1. The molecule has 2 aromatic heterocycles. The normalized spacial score (nSPS) is 11.1. The number of hydrogen-bond acceptors (Lipinski definition) is 1. The van der Waals surface area contributed by atoms with Crippen molar-refractivity contribution in [1.29, 1.82) is 0 Å². The van der Waals surface area contributed by atoms with E-state index in [0.717, 1.165) is 33.6 Å². The van der Waals surface area contributed by atoms with Crippen molar-refractivity contribution in [2.24, 2.45) is 0 Å². The molecule has 0 aliphatic carbocycles. The van der Waals surface area contributed by atoms with Crippen LogP contribution in [0.2, 0.25) is 5.02 Å². The number of benzene rings is 2. The largest absolute Gasteiger partial charge is 0.456 e. The SMILES string of the molecule is Clc1ccc2cc(-c3cccc(-c4ccc[nH]4)c3)oc2c1. The second-order valence-corrected chi connectivity index (χ2v) is 5.39. The van der Waals surface area contributed by atoms with Gasteiger partial charge >= 0.3 is 0 Å². The van der Waals surface area contributed by atoms with Crippen LogP contribution < -0.4 is 0 Å². The first-order chi connectivity index (χ1) is 10.3. The molecule has 0 aliphatic rings. The molecule has 4 rings (SSSR count). The summed E-state index contributed by atoms with van der Waals surface area (Å²) in [7, 11) is 0. The number of hydrogen-bond donors (Lipinski definition) is 1. The quantitative estimate of drug-likeness (QED) is 0.501. The molecule has 0 aliphatic heterocycles. The number of rotatable bonds is 2. The van der Waals surface area contributed by atoms with Crippen LogP contribution in [0.3, 0.4) is 0 Å². The van der Waals surface area contributed by atoms with Crippen molar-refractivity contribution >= 4 is 22.6 Å². The van der Waals surface area contributed by atoms with Crippen molar-refractivity contribution in [1.82, 2.24) is 4.98 Å². The Kier molecular flexibility index (Phi) is 2.83. The van der Waals surface area contributed by atoms with E-state index >= 15 is 0 Å². The van der Waals surface area contributed by atoms with Crippen molar-refractivity contribution in [3.8, 4) is 22.6 Å². The van der Waals surface area contributed by atoms with E-state index in [1.165, 1.54) is 0 Å². The van der Waals surface area contributed by atoms with E-state index in [1.807, 2.05) is 48.7 Å². The van der Waals surface area contributed by atoms with Crippen LogP contribution in [0.5, 0.6) is 0 Å². The molecule has 4 aromatic rings. The molecule has 102 valence electrons. The summed E-state index contributed by atoms with van der Waals surface area (Å²) in [6.07, 6.45) is 1.92. The van der Waals surface area contributed by atoms with Gasteiger partial charge in [-0.05, 0) is 42.0 Å². The lowest BCUT2D eigenvalue weighted by molar-refractivity contribution is 0.631. The summed E-state index contributed by atoms with van der Waals surface area (Å²) in [6.45, 7) is 0. The molecule has 3 heteroatoms. The average Bonchev–Trinajstić information content (AvgIpc) is 3.16. The maximum absolute atomic E-state index is 6.00. The van der Waals surface area contributed by atoms with Crippen LogP contribution >= 0.6 is 11.6 Å². The van der Waals surface area contributed by atoms with E-state index < -0.39 is 0 Å². The zero-order valence-electron chi connectivity index (χ0n) is 11.1. The fraction of sp³-hybridized carbons (Fsp3) is 0. The average molecular weight is 294 g/mol. The molecular formula is C18H12ClNO. The van der Waals surface area contributed by atoms with Gasteiger partial charge in [0, 0.05) is 33.9 Å². The van der Waals surface area contributed by atoms with E-state index in [9.17, 15) is 0 Å². The van der Waals surface area contributed by atoms with Gasteiger partial charge in [-0.15, -0.1) is 0 Å². The Labute approximate surface area is 127 Å². The third-order valence-electron chi connectivity index (χ3n) is 3.54. The number of aromatic nitrogens is 1. The van der Waals surface area contributed by atoms with E-state index in [1.54, 1.807) is 0 Å². The highest BCUT2D eigenvalue weighted by Crippen LogP contribution is 2.31. The van der Waals surface area contributed by atoms with Gasteiger partial charge in [0.15, 0.2) is 0 Å². The highest BCUT2D eigenvalue weighted by Gasteiger charge is 2.08. The van der Waals surface area contributed by atoms with Gasteiger partial charge in [0.2, 0.25) is 0 Å². The molecule has 2 aromatic carbocycles. The molecule has 0 saturated heterocycles. The standard InChI is InChI=1S/C18H12ClNO/c19-15-7-6-14-10-17(21-18(14)11-15)13-4-1-3-12(9-13)16-5-2-8-20-16/h1-11,20H. The predicted octanol–water partition coefficient (Wildman–Crippen LogP) is 5.75. The minimum atomic E-state index is 0.684. The molecule has 2 nitrogen and oxygen atoms in total. The second kappa shape index (κ2) is 4.83. The summed E-state index contributed by atoms with van der Waals surface area (Å²) in [5, 5.41) is 1.74. The number of H-pyrrole nitrogens is 1. The van der Waals surface area contributed by atoms with E-state index in [0.29, 0.717) is 5.02 Å². The first kappa shape index (κ1) is 12.3. The van der Waals surface area contributed by atoms with Crippen LogP contribution in [0.1, 0.15) is 0 Å². The summed E-state index contributed by atoms with van der Waals surface area (Å²) in [4.78, 5) is 3.22. The van der Waals surface area contributed by atoms with Gasteiger partial charge in [-0.2, -0.15) is 0 Å². The topological polar surface area (TPSA) is 28.9 Å². The Morgan fingerprint density at radius 1 is 0.857 bits per heavy atom. The Balaban J connectivity index is 1.83. The molecule has 2 heterocycles. The maximum atomic E-state index is 6.00. The first-order valence-corrected chi connectivity index (χ1v) is 7.11. The monoisotopic (exact) mass is 293 g/mol. The van der Waals surface area contributed by atoms with Crippen LogP contribution in [0.25, 0.3) is 33.6 Å². The predicted molar refractivity (Wildman–Crippen MR) is 86.4 cm³/mol. The first-order valence-electron chi connectivity index (χ1n) is 6.73. The minimum absolute atomic E-state index is 0.684. The Bertz CT molecular complexity index is 906. The summed E-state index contributed by atoms with van der Waals surface area (Å²) >= 11 is 6.00. The molecule has 0 radical (unpaired) electrons. The van der Waals surface area contributed by atoms with E-state index in [4.69, 9.17) is 16.0 Å². The third-order valence-corrected chi connectivity index (χ3v) is 3.77. The number of aromatic amines is 1. The van der Waals surface area contributed by atoms with Gasteiger partial charge in [0.25, 0.3) is 0 Å². The van der Waals surface area contributed by atoms with Crippen molar-refractivity contribution in [2.75, 3.05) is 0 Å². The smallest absolute Gasteiger partial charge is 0.136 e. The molecular weight excluding hydrogens is 282 g/mol. The fourth-order valence-corrected chi connectivity index (χ4v) is 2.66. The summed E-state index contributed by atoms with van der Waals surface area (Å²) in [6, 6.07) is 20.0. The van der Waals surface area contributed by atoms with Crippen LogP contribution in [0.15, 0.2) is 71.3 Å². The van der Waals surface area contributed by atoms with Crippen LogP contribution in [0, 0.1) is 0 Å². The molecule has 0 atom stereocenters. The lowest BCUT2D eigenvalue weighted by Crippen LogP contribution is -1.79. The molecule has 0 amide bonds. The third kappa shape index (κ3) is 2.24.